The van der Waals surface area contributed by atoms with Gasteiger partial charge in [0, 0.05) is 17.5 Å². The molecule has 1 aliphatic heterocycles. The first kappa shape index (κ1) is 8.77. The fraction of sp³-hybridized carbons (Fsp3) is 0.100. The van der Waals surface area contributed by atoms with Gasteiger partial charge in [-0.1, -0.05) is 18.2 Å². The minimum Gasteiger partial charge on any atom is -0.478 e. The number of hydrogen-bond acceptors (Lipinski definition) is 3. The third kappa shape index (κ3) is 1.25. The van der Waals surface area contributed by atoms with E-state index in [0.29, 0.717) is 5.56 Å². The number of aliphatic hydroxyl groups is 1. The van der Waals surface area contributed by atoms with Crippen LogP contribution in [0.3, 0.4) is 0 Å². The van der Waals surface area contributed by atoms with Gasteiger partial charge < -0.3 is 15.5 Å². The highest BCUT2D eigenvalue weighted by molar-refractivity contribution is 5.90. The summed E-state index contributed by atoms with van der Waals surface area (Å²) in [6.45, 7) is 0. The summed E-state index contributed by atoms with van der Waals surface area (Å²) in [6.07, 6.45) is 0.264. The number of carbonyl (C=O) groups is 1. The number of carboxylic acids is 1. The van der Waals surface area contributed by atoms with Crippen LogP contribution >= 0.6 is 0 Å². The molecule has 0 bridgehead atoms. The number of aliphatic carboxylic acids is 1. The molecule has 0 aliphatic carbocycles. The van der Waals surface area contributed by atoms with E-state index in [1.165, 1.54) is 6.20 Å². The van der Waals surface area contributed by atoms with Gasteiger partial charge in [-0.2, -0.15) is 0 Å². The smallest absolute Gasteiger partial charge is 0.336 e. The van der Waals surface area contributed by atoms with Crippen LogP contribution in [-0.2, 0) is 4.79 Å². The summed E-state index contributed by atoms with van der Waals surface area (Å²) in [4.78, 5) is 10.7. The Balaban J connectivity index is 2.44. The van der Waals surface area contributed by atoms with Crippen molar-refractivity contribution in [2.24, 2.45) is 0 Å². The van der Waals surface area contributed by atoms with Crippen LogP contribution in [0.25, 0.3) is 0 Å². The average Bonchev–Trinajstić information content (AvgIpc) is 2.18. The van der Waals surface area contributed by atoms with Crippen molar-refractivity contribution in [2.75, 3.05) is 5.32 Å². The first-order chi connectivity index (χ1) is 6.70. The van der Waals surface area contributed by atoms with E-state index in [0.717, 1.165) is 5.69 Å². The Bertz CT molecular complexity index is 412. The molecule has 0 saturated heterocycles. The zero-order chi connectivity index (χ0) is 10.1. The lowest BCUT2D eigenvalue weighted by Crippen LogP contribution is -2.17. The number of hydrogen-bond donors (Lipinski definition) is 3. The molecule has 0 radical (unpaired) electrons. The molecule has 4 nitrogen and oxygen atoms in total. The molecule has 0 fully saturated rings. The van der Waals surface area contributed by atoms with Gasteiger partial charge in [-0.3, -0.25) is 0 Å². The summed E-state index contributed by atoms with van der Waals surface area (Å²) in [5, 5.41) is 21.3. The molecule has 0 aromatic heterocycles. The molecule has 2 rings (SSSR count). The van der Waals surface area contributed by atoms with Gasteiger partial charge in [0.25, 0.3) is 0 Å². The molecule has 14 heavy (non-hydrogen) atoms. The van der Waals surface area contributed by atoms with Gasteiger partial charge in [-0.15, -0.1) is 0 Å². The van der Waals surface area contributed by atoms with Crippen LogP contribution in [-0.4, -0.2) is 16.2 Å². The highest BCUT2D eigenvalue weighted by Crippen LogP contribution is 2.31. The molecule has 0 spiro atoms. The number of anilines is 1. The van der Waals surface area contributed by atoms with Crippen molar-refractivity contribution in [1.82, 2.24) is 0 Å². The Morgan fingerprint density at radius 2 is 2.07 bits per heavy atom. The maximum atomic E-state index is 10.7. The molecule has 0 amide bonds. The molecule has 1 aliphatic rings. The molecule has 4 heteroatoms. The Kier molecular flexibility index (Phi) is 1.98. The summed E-state index contributed by atoms with van der Waals surface area (Å²) >= 11 is 0. The summed E-state index contributed by atoms with van der Waals surface area (Å²) in [7, 11) is 0. The number of benzene rings is 1. The lowest BCUT2D eigenvalue weighted by Gasteiger charge is -2.21. The molecule has 1 unspecified atom stereocenters. The molecule has 72 valence electrons. The van der Waals surface area contributed by atoms with Crippen molar-refractivity contribution in [3.63, 3.8) is 0 Å². The lowest BCUT2D eigenvalue weighted by molar-refractivity contribution is -0.133. The van der Waals surface area contributed by atoms with E-state index in [1.54, 1.807) is 18.2 Å². The van der Waals surface area contributed by atoms with Gasteiger partial charge in [0.1, 0.15) is 6.10 Å². The second kappa shape index (κ2) is 3.16. The quantitative estimate of drug-likeness (QED) is 0.622. The Labute approximate surface area is 80.5 Å². The molecule has 1 atom stereocenters. The Morgan fingerprint density at radius 3 is 2.79 bits per heavy atom. The van der Waals surface area contributed by atoms with E-state index in [1.807, 2.05) is 6.07 Å². The average molecular weight is 191 g/mol. The van der Waals surface area contributed by atoms with Crippen LogP contribution in [0.5, 0.6) is 0 Å². The number of fused-ring (bicyclic) bond motifs is 1. The molecule has 0 saturated carbocycles. The van der Waals surface area contributed by atoms with Crippen LogP contribution in [0.1, 0.15) is 11.7 Å². The van der Waals surface area contributed by atoms with Crippen LogP contribution < -0.4 is 5.32 Å². The highest BCUT2D eigenvalue weighted by Gasteiger charge is 2.25. The van der Waals surface area contributed by atoms with Gasteiger partial charge >= 0.3 is 5.97 Å². The largest absolute Gasteiger partial charge is 0.478 e. The van der Waals surface area contributed by atoms with E-state index >= 15 is 0 Å². The minimum absolute atomic E-state index is 0.0382. The number of carboxylic acid groups (broad SMARTS) is 1. The van der Waals surface area contributed by atoms with Crippen molar-refractivity contribution in [3.8, 4) is 0 Å². The van der Waals surface area contributed by atoms with Gasteiger partial charge in [-0.25, -0.2) is 4.79 Å². The number of para-hydroxylation sites is 1. The van der Waals surface area contributed by atoms with E-state index in [2.05, 4.69) is 5.32 Å². The molecular weight excluding hydrogens is 182 g/mol. The summed E-state index contributed by atoms with van der Waals surface area (Å²) in [6, 6.07) is 7.06. The summed E-state index contributed by atoms with van der Waals surface area (Å²) < 4.78 is 0. The first-order valence-corrected chi connectivity index (χ1v) is 4.17. The van der Waals surface area contributed by atoms with Gasteiger partial charge in [0.15, 0.2) is 0 Å². The normalized spacial score (nSPS) is 19.2. The summed E-state index contributed by atoms with van der Waals surface area (Å²) in [5.74, 6) is -1.11. The van der Waals surface area contributed by atoms with Crippen molar-refractivity contribution < 1.29 is 15.0 Å². The SMILES string of the molecule is O=C(O)C1=CNc2ccccc2C1O. The zero-order valence-corrected chi connectivity index (χ0v) is 7.27. The van der Waals surface area contributed by atoms with Crippen LogP contribution in [0.4, 0.5) is 5.69 Å². The van der Waals surface area contributed by atoms with Crippen molar-refractivity contribution >= 4 is 11.7 Å². The fourth-order valence-corrected chi connectivity index (χ4v) is 1.45. The molecule has 3 N–H and O–H groups in total. The van der Waals surface area contributed by atoms with E-state index < -0.39 is 12.1 Å². The second-order valence-corrected chi connectivity index (χ2v) is 3.04. The van der Waals surface area contributed by atoms with Crippen molar-refractivity contribution in [1.29, 1.82) is 0 Å². The number of rotatable bonds is 1. The van der Waals surface area contributed by atoms with E-state index in [4.69, 9.17) is 5.11 Å². The first-order valence-electron chi connectivity index (χ1n) is 4.17. The Hall–Kier alpha value is -1.81. The topological polar surface area (TPSA) is 69.6 Å². The van der Waals surface area contributed by atoms with Gasteiger partial charge in [-0.05, 0) is 6.07 Å². The third-order valence-corrected chi connectivity index (χ3v) is 2.18. The second-order valence-electron chi connectivity index (χ2n) is 3.04. The molecular formula is C10H9NO3. The van der Waals surface area contributed by atoms with Crippen LogP contribution in [0, 0.1) is 0 Å². The maximum absolute atomic E-state index is 10.7. The number of nitrogens with one attached hydrogen (secondary N) is 1. The minimum atomic E-state index is -1.11. The monoisotopic (exact) mass is 191 g/mol. The lowest BCUT2D eigenvalue weighted by atomic mass is 9.98. The fourth-order valence-electron chi connectivity index (χ4n) is 1.45. The van der Waals surface area contributed by atoms with Crippen LogP contribution in [0.15, 0.2) is 36.0 Å². The van der Waals surface area contributed by atoms with Crippen molar-refractivity contribution in [2.45, 2.75) is 6.10 Å². The standard InChI is InChI=1S/C10H9NO3/c12-9-6-3-1-2-4-8(6)11-5-7(9)10(13)14/h1-5,9,11-12H,(H,13,14). The highest BCUT2D eigenvalue weighted by atomic mass is 16.4. The van der Waals surface area contributed by atoms with Gasteiger partial charge in [0.2, 0.25) is 0 Å². The van der Waals surface area contributed by atoms with Crippen LogP contribution in [0.2, 0.25) is 0 Å². The number of aliphatic hydroxyl groups excluding tert-OH is 1. The van der Waals surface area contributed by atoms with Gasteiger partial charge in [0.05, 0.1) is 5.57 Å². The van der Waals surface area contributed by atoms with E-state index in [-0.39, 0.29) is 5.57 Å². The predicted octanol–water partition coefficient (Wildman–Crippen LogP) is 1.11. The Morgan fingerprint density at radius 1 is 1.36 bits per heavy atom. The van der Waals surface area contributed by atoms with Crippen molar-refractivity contribution in [3.05, 3.63) is 41.6 Å². The molecule has 1 aromatic carbocycles. The molecule has 1 aromatic rings. The summed E-state index contributed by atoms with van der Waals surface area (Å²) in [5.41, 5.74) is 1.29. The molecule has 1 heterocycles. The maximum Gasteiger partial charge on any atom is 0.336 e. The predicted molar refractivity (Wildman–Crippen MR) is 50.7 cm³/mol. The van der Waals surface area contributed by atoms with E-state index in [9.17, 15) is 9.90 Å². The third-order valence-electron chi connectivity index (χ3n) is 2.18. The zero-order valence-electron chi connectivity index (χ0n) is 7.27.